The minimum absolute atomic E-state index is 0.00430. The van der Waals surface area contributed by atoms with Crippen molar-refractivity contribution in [3.05, 3.63) is 23.8 Å². The third-order valence-electron chi connectivity index (χ3n) is 3.45. The van der Waals surface area contributed by atoms with Crippen LogP contribution >= 0.6 is 24.0 Å². The van der Waals surface area contributed by atoms with Gasteiger partial charge in [-0.1, -0.05) is 36.1 Å². The summed E-state index contributed by atoms with van der Waals surface area (Å²) in [7, 11) is -1.72. The molecule has 0 aromatic heterocycles. The first kappa shape index (κ1) is 19.5. The van der Waals surface area contributed by atoms with Crippen molar-refractivity contribution in [3.63, 3.8) is 0 Å². The topological polar surface area (TPSA) is 54.5 Å². The molecule has 1 aliphatic rings. The number of sulfonamides is 1. The Hall–Kier alpha value is -0.500. The Morgan fingerprint density at radius 3 is 2.77 bits per heavy atom. The summed E-state index contributed by atoms with van der Waals surface area (Å²) in [5.41, 5.74) is 1.09. The van der Waals surface area contributed by atoms with E-state index < -0.39 is 10.0 Å². The van der Waals surface area contributed by atoms with E-state index in [1.165, 1.54) is 11.2 Å². The second-order valence-corrected chi connectivity index (χ2v) is 9.25. The maximum absolute atomic E-state index is 12.3. The molecule has 0 fully saturated rings. The third-order valence-corrected chi connectivity index (χ3v) is 6.83. The van der Waals surface area contributed by atoms with Gasteiger partial charge in [-0.3, -0.25) is 4.79 Å². The van der Waals surface area contributed by atoms with E-state index in [-0.39, 0.29) is 16.9 Å². The van der Waals surface area contributed by atoms with Crippen molar-refractivity contribution in [2.45, 2.75) is 39.2 Å². The SMILES string of the molecule is CC(=O)SC[C@@H](C)N(C)S(=O)(=O)CCCC1=CC(=S)CC=C1. The fourth-order valence-corrected chi connectivity index (χ4v) is 4.48. The minimum Gasteiger partial charge on any atom is -0.288 e. The predicted molar refractivity (Wildman–Crippen MR) is 97.8 cm³/mol. The van der Waals surface area contributed by atoms with Crippen molar-refractivity contribution in [1.29, 1.82) is 0 Å². The van der Waals surface area contributed by atoms with E-state index in [9.17, 15) is 13.2 Å². The summed E-state index contributed by atoms with van der Waals surface area (Å²) in [5, 5.41) is 0.00430. The Morgan fingerprint density at radius 2 is 2.18 bits per heavy atom. The van der Waals surface area contributed by atoms with E-state index in [1.807, 2.05) is 25.2 Å². The first-order valence-corrected chi connectivity index (χ1v) is 10.2. The molecule has 22 heavy (non-hydrogen) atoms. The number of allylic oxidation sites excluding steroid dienone is 4. The molecular weight excluding hydrogens is 338 g/mol. The molecule has 0 amide bonds. The molecule has 0 N–H and O–H groups in total. The van der Waals surface area contributed by atoms with E-state index in [0.717, 1.165) is 28.6 Å². The van der Waals surface area contributed by atoms with Crippen molar-refractivity contribution >= 4 is 44.0 Å². The number of hydrogen-bond donors (Lipinski definition) is 0. The lowest BCUT2D eigenvalue weighted by Crippen LogP contribution is -2.38. The van der Waals surface area contributed by atoms with E-state index in [0.29, 0.717) is 18.6 Å². The highest BCUT2D eigenvalue weighted by atomic mass is 32.2. The fourth-order valence-electron chi connectivity index (χ4n) is 2.02. The highest BCUT2D eigenvalue weighted by molar-refractivity contribution is 8.13. The Bertz CT molecular complexity index is 579. The second-order valence-electron chi connectivity index (χ2n) is 5.38. The maximum Gasteiger partial charge on any atom is 0.214 e. The highest BCUT2D eigenvalue weighted by Crippen LogP contribution is 2.17. The van der Waals surface area contributed by atoms with Crippen LogP contribution in [0.4, 0.5) is 0 Å². The molecule has 0 aromatic carbocycles. The summed E-state index contributed by atoms with van der Waals surface area (Å²) >= 11 is 6.30. The number of hydrogen-bond acceptors (Lipinski definition) is 5. The van der Waals surface area contributed by atoms with Gasteiger partial charge in [-0.2, -0.15) is 0 Å². The summed E-state index contributed by atoms with van der Waals surface area (Å²) in [6, 6.07) is -0.194. The third kappa shape index (κ3) is 6.73. The number of nitrogens with zero attached hydrogens (tertiary/aromatic N) is 1. The zero-order valence-electron chi connectivity index (χ0n) is 13.2. The van der Waals surface area contributed by atoms with Gasteiger partial charge in [0.1, 0.15) is 0 Å². The van der Waals surface area contributed by atoms with Gasteiger partial charge < -0.3 is 0 Å². The molecule has 0 spiro atoms. The molecule has 0 radical (unpaired) electrons. The minimum atomic E-state index is -3.30. The van der Waals surface area contributed by atoms with E-state index in [4.69, 9.17) is 12.2 Å². The number of thiocarbonyl (C=S) groups is 1. The highest BCUT2D eigenvalue weighted by Gasteiger charge is 2.23. The average Bonchev–Trinajstić information content (AvgIpc) is 2.43. The lowest BCUT2D eigenvalue weighted by atomic mass is 10.0. The van der Waals surface area contributed by atoms with Gasteiger partial charge in [-0.05, 0) is 31.4 Å². The van der Waals surface area contributed by atoms with Crippen molar-refractivity contribution < 1.29 is 13.2 Å². The standard InChI is InChI=1S/C15H23NO3S3/c1-12(11-21-13(2)17)16(3)22(18,19)9-5-7-14-6-4-8-15(20)10-14/h4,6,10,12H,5,7-9,11H2,1-3H3/t12-/m1/s1. The number of carbonyl (C=O) groups excluding carboxylic acids is 1. The normalized spacial score (nSPS) is 16.7. The Balaban J connectivity index is 2.47. The molecule has 0 bridgehead atoms. The molecule has 124 valence electrons. The molecule has 0 saturated heterocycles. The summed E-state index contributed by atoms with van der Waals surface area (Å²) in [6.45, 7) is 3.31. The van der Waals surface area contributed by atoms with Crippen molar-refractivity contribution in [2.75, 3.05) is 18.6 Å². The Kier molecular flexibility index (Phi) is 7.96. The first-order valence-electron chi connectivity index (χ1n) is 7.21. The van der Waals surface area contributed by atoms with Gasteiger partial charge in [-0.25, -0.2) is 12.7 Å². The van der Waals surface area contributed by atoms with Crippen LogP contribution < -0.4 is 0 Å². The summed E-state index contributed by atoms with van der Waals surface area (Å²) in [4.78, 5) is 11.9. The molecule has 4 nitrogen and oxygen atoms in total. The van der Waals surface area contributed by atoms with Gasteiger partial charge in [0, 0.05) is 37.1 Å². The fraction of sp³-hybridized carbons (Fsp3) is 0.600. The molecular formula is C15H23NO3S3. The zero-order chi connectivity index (χ0) is 16.8. The van der Waals surface area contributed by atoms with Crippen molar-refractivity contribution in [3.8, 4) is 0 Å². The monoisotopic (exact) mass is 361 g/mol. The lowest BCUT2D eigenvalue weighted by Gasteiger charge is -2.23. The number of rotatable bonds is 8. The molecule has 1 aliphatic carbocycles. The molecule has 0 unspecified atom stereocenters. The molecule has 0 aliphatic heterocycles. The van der Waals surface area contributed by atoms with E-state index >= 15 is 0 Å². The molecule has 0 saturated carbocycles. The van der Waals surface area contributed by atoms with Crippen molar-refractivity contribution in [1.82, 2.24) is 4.31 Å². The number of thioether (sulfide) groups is 1. The molecule has 0 heterocycles. The van der Waals surface area contributed by atoms with Gasteiger partial charge in [-0.15, -0.1) is 0 Å². The molecule has 0 aromatic rings. The molecule has 7 heteroatoms. The zero-order valence-corrected chi connectivity index (χ0v) is 15.7. The Morgan fingerprint density at radius 1 is 1.50 bits per heavy atom. The second kappa shape index (κ2) is 8.96. The van der Waals surface area contributed by atoms with E-state index in [2.05, 4.69) is 0 Å². The van der Waals surface area contributed by atoms with Crippen molar-refractivity contribution in [2.24, 2.45) is 0 Å². The van der Waals surface area contributed by atoms with Crippen LogP contribution in [0.25, 0.3) is 0 Å². The van der Waals surface area contributed by atoms with Gasteiger partial charge in [0.05, 0.1) is 5.75 Å². The summed E-state index contributed by atoms with van der Waals surface area (Å²) < 4.78 is 26.0. The van der Waals surface area contributed by atoms with Crippen LogP contribution in [0.1, 0.15) is 33.1 Å². The van der Waals surface area contributed by atoms with E-state index in [1.54, 1.807) is 7.05 Å². The van der Waals surface area contributed by atoms with Gasteiger partial charge in [0.2, 0.25) is 10.0 Å². The Labute approximate surface area is 143 Å². The summed E-state index contributed by atoms with van der Waals surface area (Å²) in [5.74, 6) is 0.587. The van der Waals surface area contributed by atoms with Crippen LogP contribution in [0, 0.1) is 0 Å². The molecule has 1 rings (SSSR count). The quantitative estimate of drug-likeness (QED) is 0.622. The maximum atomic E-state index is 12.3. The summed E-state index contributed by atoms with van der Waals surface area (Å²) in [6.07, 6.45) is 8.05. The van der Waals surface area contributed by atoms with Gasteiger partial charge in [0.15, 0.2) is 5.12 Å². The van der Waals surface area contributed by atoms with Crippen LogP contribution in [0.15, 0.2) is 23.8 Å². The van der Waals surface area contributed by atoms with Crippen LogP contribution in [-0.4, -0.2) is 47.3 Å². The smallest absolute Gasteiger partial charge is 0.214 e. The predicted octanol–water partition coefficient (Wildman–Crippen LogP) is 2.95. The largest absolute Gasteiger partial charge is 0.288 e. The van der Waals surface area contributed by atoms with Crippen LogP contribution in [0.5, 0.6) is 0 Å². The average molecular weight is 362 g/mol. The van der Waals surface area contributed by atoms with Crippen LogP contribution in [-0.2, 0) is 14.8 Å². The number of carbonyl (C=O) groups is 1. The first-order chi connectivity index (χ1) is 10.2. The van der Waals surface area contributed by atoms with Crippen LogP contribution in [0.2, 0.25) is 0 Å². The lowest BCUT2D eigenvalue weighted by molar-refractivity contribution is -0.109. The van der Waals surface area contributed by atoms with Gasteiger partial charge >= 0.3 is 0 Å². The van der Waals surface area contributed by atoms with Gasteiger partial charge in [0.25, 0.3) is 0 Å². The van der Waals surface area contributed by atoms with Crippen LogP contribution in [0.3, 0.4) is 0 Å². The molecule has 1 atom stereocenters.